The molecule has 0 radical (unpaired) electrons. The van der Waals surface area contributed by atoms with E-state index in [4.69, 9.17) is 11.6 Å². The van der Waals surface area contributed by atoms with Gasteiger partial charge in [0.05, 0.1) is 5.56 Å². The van der Waals surface area contributed by atoms with E-state index in [9.17, 15) is 27.6 Å². The number of aromatic amines is 1. The molecule has 3 atom stereocenters. The number of rotatable bonds is 8. The number of esters is 1. The van der Waals surface area contributed by atoms with Crippen molar-refractivity contribution in [2.75, 3.05) is 32.1 Å². The van der Waals surface area contributed by atoms with Gasteiger partial charge in [0, 0.05) is 46.8 Å². The van der Waals surface area contributed by atoms with Crippen LogP contribution in [0.3, 0.4) is 0 Å². The number of H-pyrrole nitrogens is 1. The van der Waals surface area contributed by atoms with Crippen LogP contribution in [0.5, 0.6) is 5.75 Å². The van der Waals surface area contributed by atoms with E-state index in [1.54, 1.807) is 36.2 Å². The van der Waals surface area contributed by atoms with Crippen LogP contribution in [0, 0.1) is 11.7 Å². The number of hydrogen-bond donors (Lipinski definition) is 2. The first-order valence-electron chi connectivity index (χ1n) is 14.4. The number of carbonyl (C=O) groups excluding carboxylic acids is 3. The van der Waals surface area contributed by atoms with Crippen molar-refractivity contribution < 1.29 is 36.7 Å². The van der Waals surface area contributed by atoms with E-state index in [2.05, 4.69) is 15.0 Å². The Morgan fingerprint density at radius 2 is 1.85 bits per heavy atom. The summed E-state index contributed by atoms with van der Waals surface area (Å²) in [5.74, 6) is -7.37. The summed E-state index contributed by atoms with van der Waals surface area (Å²) in [6, 6.07) is 14.3. The molecule has 0 aliphatic carbocycles. The Morgan fingerprint density at radius 1 is 1.11 bits per heavy atom. The van der Waals surface area contributed by atoms with Crippen LogP contribution in [0.1, 0.15) is 34.3 Å². The molecule has 1 aliphatic rings. The highest BCUT2D eigenvalue weighted by molar-refractivity contribution is 6.30. The Balaban J connectivity index is 1.54. The van der Waals surface area contributed by atoms with Crippen LogP contribution in [0.4, 0.5) is 23.2 Å². The Bertz CT molecular complexity index is 1790. The summed E-state index contributed by atoms with van der Waals surface area (Å²) in [7, 11) is 3.85. The summed E-state index contributed by atoms with van der Waals surface area (Å²) in [5, 5.41) is 3.97. The number of para-hydroxylation sites is 1. The number of halogens is 5. The van der Waals surface area contributed by atoms with Gasteiger partial charge in [-0.2, -0.15) is 13.2 Å². The molecule has 2 unspecified atom stereocenters. The van der Waals surface area contributed by atoms with Gasteiger partial charge >= 0.3 is 12.1 Å². The predicted octanol–water partition coefficient (Wildman–Crippen LogP) is 6.10. The summed E-state index contributed by atoms with van der Waals surface area (Å²) in [4.78, 5) is 46.4. The van der Waals surface area contributed by atoms with E-state index in [0.717, 1.165) is 34.7 Å². The van der Waals surface area contributed by atoms with E-state index in [-0.39, 0.29) is 5.92 Å². The van der Waals surface area contributed by atoms with Gasteiger partial charge in [0.1, 0.15) is 6.04 Å². The van der Waals surface area contributed by atoms with E-state index in [1.807, 2.05) is 43.3 Å². The highest BCUT2D eigenvalue weighted by Crippen LogP contribution is 2.35. The van der Waals surface area contributed by atoms with Gasteiger partial charge in [0.25, 0.3) is 5.91 Å². The zero-order chi connectivity index (χ0) is 33.3. The molecule has 46 heavy (non-hydrogen) atoms. The smallest absolute Gasteiger partial charge is 0.417 e. The number of aromatic nitrogens is 1. The van der Waals surface area contributed by atoms with Crippen molar-refractivity contribution in [2.45, 2.75) is 31.5 Å². The van der Waals surface area contributed by atoms with Crippen molar-refractivity contribution in [2.24, 2.45) is 5.92 Å². The number of nitrogens with one attached hydrogen (secondary N) is 2. The molecular formula is C33H31ClF4N4O4. The molecule has 13 heteroatoms. The van der Waals surface area contributed by atoms with E-state index in [0.29, 0.717) is 35.8 Å². The van der Waals surface area contributed by atoms with Crippen LogP contribution in [-0.4, -0.2) is 67.1 Å². The van der Waals surface area contributed by atoms with Crippen molar-refractivity contribution in [1.29, 1.82) is 0 Å². The van der Waals surface area contributed by atoms with Crippen LogP contribution in [0.2, 0.25) is 5.02 Å². The van der Waals surface area contributed by atoms with Gasteiger partial charge in [0.2, 0.25) is 5.91 Å². The maximum absolute atomic E-state index is 15.3. The molecule has 0 spiro atoms. The molecule has 1 aromatic heterocycles. The van der Waals surface area contributed by atoms with Crippen LogP contribution < -0.4 is 15.0 Å². The SMILES string of the molecule is CC(c1c[nH]c2ccccc12)C(NC(=O)c1cccc(OC(=O)C(F)(F)F)c1F)C(=O)N1C[C@@H](CN(C)C)Cc2cc(Cl)ccc21. The molecule has 0 saturated carbocycles. The number of alkyl halides is 3. The molecule has 3 aromatic carbocycles. The first-order valence-corrected chi connectivity index (χ1v) is 14.8. The summed E-state index contributed by atoms with van der Waals surface area (Å²) in [6.07, 6.45) is -2.98. The molecule has 0 fully saturated rings. The third-order valence-electron chi connectivity index (χ3n) is 7.98. The van der Waals surface area contributed by atoms with Gasteiger partial charge in [-0.1, -0.05) is 42.8 Å². The lowest BCUT2D eigenvalue weighted by atomic mass is 9.88. The molecular weight excluding hydrogens is 628 g/mol. The summed E-state index contributed by atoms with van der Waals surface area (Å²) < 4.78 is 57.9. The molecule has 8 nitrogen and oxygen atoms in total. The summed E-state index contributed by atoms with van der Waals surface area (Å²) in [6.45, 7) is 2.75. The molecule has 2 heterocycles. The number of anilines is 1. The third-order valence-corrected chi connectivity index (χ3v) is 8.21. The lowest BCUT2D eigenvalue weighted by molar-refractivity contribution is -0.189. The van der Waals surface area contributed by atoms with Crippen molar-refractivity contribution in [3.63, 3.8) is 0 Å². The topological polar surface area (TPSA) is 94.7 Å². The van der Waals surface area contributed by atoms with Crippen molar-refractivity contribution in [3.05, 3.63) is 94.4 Å². The minimum absolute atomic E-state index is 0.0297. The average Bonchev–Trinajstić information content (AvgIpc) is 3.43. The van der Waals surface area contributed by atoms with Crippen LogP contribution in [0.25, 0.3) is 10.9 Å². The van der Waals surface area contributed by atoms with Crippen molar-refractivity contribution in [3.8, 4) is 5.75 Å². The minimum atomic E-state index is -5.38. The molecule has 242 valence electrons. The minimum Gasteiger partial charge on any atom is -0.417 e. The fraction of sp³-hybridized carbons (Fsp3) is 0.303. The largest absolute Gasteiger partial charge is 0.491 e. The normalized spacial score (nSPS) is 16.2. The molecule has 1 aliphatic heterocycles. The van der Waals surface area contributed by atoms with Crippen molar-refractivity contribution >= 4 is 46.0 Å². The lowest BCUT2D eigenvalue weighted by Gasteiger charge is -2.38. The van der Waals surface area contributed by atoms with Gasteiger partial charge in [-0.25, -0.2) is 9.18 Å². The second kappa shape index (κ2) is 13.1. The molecule has 2 amide bonds. The van der Waals surface area contributed by atoms with E-state index in [1.165, 1.54) is 0 Å². The Morgan fingerprint density at radius 3 is 2.57 bits per heavy atom. The number of carbonyl (C=O) groups is 3. The van der Waals surface area contributed by atoms with Gasteiger partial charge in [-0.3, -0.25) is 9.59 Å². The number of benzene rings is 3. The second-order valence-corrected chi connectivity index (χ2v) is 12.0. The zero-order valence-electron chi connectivity index (χ0n) is 25.1. The van der Waals surface area contributed by atoms with Crippen LogP contribution >= 0.6 is 11.6 Å². The number of amides is 2. The number of ether oxygens (including phenoxy) is 1. The zero-order valence-corrected chi connectivity index (χ0v) is 25.9. The van der Waals surface area contributed by atoms with E-state index >= 15 is 4.39 Å². The quantitative estimate of drug-likeness (QED) is 0.136. The van der Waals surface area contributed by atoms with E-state index < -0.39 is 53.0 Å². The standard InChI is InChI=1S/C33H31ClF4N4O4/c1-18(24-15-39-25-9-5-4-7-22(24)25)29(40-30(43)23-8-6-10-27(28(23)35)46-32(45)33(36,37)38)31(44)42-17-19(16-41(2)3)13-20-14-21(34)11-12-26(20)42/h4-12,14-15,18-19,29,39H,13,16-17H2,1-3H3,(H,40,43)/t18?,19-,29?/m1/s1. The third kappa shape index (κ3) is 6.87. The van der Waals surface area contributed by atoms with Gasteiger partial charge < -0.3 is 24.8 Å². The Kier molecular flexibility index (Phi) is 9.41. The summed E-state index contributed by atoms with van der Waals surface area (Å²) in [5.41, 5.74) is 2.29. The lowest BCUT2D eigenvalue weighted by Crippen LogP contribution is -2.54. The number of nitrogens with zero attached hydrogens (tertiary/aromatic N) is 2. The van der Waals surface area contributed by atoms with Crippen LogP contribution in [-0.2, 0) is 16.0 Å². The maximum atomic E-state index is 15.3. The fourth-order valence-corrected chi connectivity index (χ4v) is 6.12. The van der Waals surface area contributed by atoms with Gasteiger partial charge in [0.15, 0.2) is 11.6 Å². The molecule has 2 N–H and O–H groups in total. The molecule has 0 saturated heterocycles. The molecule has 0 bridgehead atoms. The molecule has 5 rings (SSSR count). The predicted molar refractivity (Wildman–Crippen MR) is 166 cm³/mol. The summed E-state index contributed by atoms with van der Waals surface area (Å²) >= 11 is 6.31. The first-order chi connectivity index (χ1) is 21.7. The maximum Gasteiger partial charge on any atom is 0.491 e. The van der Waals surface area contributed by atoms with Crippen LogP contribution in [0.15, 0.2) is 66.9 Å². The number of hydrogen-bond acceptors (Lipinski definition) is 5. The van der Waals surface area contributed by atoms with Gasteiger partial charge in [-0.05, 0) is 74.0 Å². The average molecular weight is 659 g/mol. The first kappa shape index (κ1) is 33.0. The highest BCUT2D eigenvalue weighted by Gasteiger charge is 2.42. The second-order valence-electron chi connectivity index (χ2n) is 11.6. The Labute approximate surface area is 267 Å². The monoisotopic (exact) mass is 658 g/mol. The highest BCUT2D eigenvalue weighted by atomic mass is 35.5. The Hall–Kier alpha value is -4.42. The fourth-order valence-electron chi connectivity index (χ4n) is 5.92. The van der Waals surface area contributed by atoms with Crippen molar-refractivity contribution in [1.82, 2.24) is 15.2 Å². The molecule has 4 aromatic rings. The number of fused-ring (bicyclic) bond motifs is 2. The van der Waals surface area contributed by atoms with Gasteiger partial charge in [-0.15, -0.1) is 0 Å².